The number of carbonyl (C=O) groups excluding carboxylic acids is 1. The smallest absolute Gasteiger partial charge is 0.267 e. The largest absolute Gasteiger partial charge is 0.463 e. The van der Waals surface area contributed by atoms with E-state index in [2.05, 4.69) is 20.4 Å². The molecule has 4 rings (SSSR count). The first-order valence-electron chi connectivity index (χ1n) is 8.42. The molecule has 1 atom stereocenters. The lowest BCUT2D eigenvalue weighted by Crippen LogP contribution is -2.33. The van der Waals surface area contributed by atoms with Gasteiger partial charge in [-0.1, -0.05) is 0 Å². The SMILES string of the molecule is CC(C(=O)Nc1nc(-c2cccnc2)cs1)n1nc(-c2ccco2)ccc1=O. The summed E-state index contributed by atoms with van der Waals surface area (Å²) in [5.41, 5.74) is 1.66. The summed E-state index contributed by atoms with van der Waals surface area (Å²) in [7, 11) is 0. The van der Waals surface area contributed by atoms with Gasteiger partial charge in [-0.3, -0.25) is 14.6 Å². The van der Waals surface area contributed by atoms with Crippen molar-refractivity contribution in [2.24, 2.45) is 0 Å². The Morgan fingerprint density at radius 1 is 1.21 bits per heavy atom. The Bertz CT molecular complexity index is 1150. The predicted octanol–water partition coefficient (Wildman–Crippen LogP) is 3.22. The van der Waals surface area contributed by atoms with Crippen molar-refractivity contribution >= 4 is 22.4 Å². The molecule has 4 aromatic rings. The zero-order valence-electron chi connectivity index (χ0n) is 14.8. The Morgan fingerprint density at radius 2 is 2.11 bits per heavy atom. The maximum absolute atomic E-state index is 12.6. The van der Waals surface area contributed by atoms with Gasteiger partial charge in [-0.25, -0.2) is 9.67 Å². The molecule has 140 valence electrons. The number of furan rings is 1. The Labute approximate surface area is 163 Å². The maximum Gasteiger partial charge on any atom is 0.267 e. The van der Waals surface area contributed by atoms with Crippen molar-refractivity contribution < 1.29 is 9.21 Å². The van der Waals surface area contributed by atoms with Gasteiger partial charge in [-0.2, -0.15) is 5.10 Å². The predicted molar refractivity (Wildman–Crippen MR) is 105 cm³/mol. The van der Waals surface area contributed by atoms with Crippen molar-refractivity contribution in [2.75, 3.05) is 5.32 Å². The molecule has 8 nitrogen and oxygen atoms in total. The molecule has 28 heavy (non-hydrogen) atoms. The molecule has 0 radical (unpaired) electrons. The molecule has 0 saturated heterocycles. The standard InChI is InChI=1S/C19H15N5O3S/c1-12(24-17(25)7-6-14(23-24)16-5-3-9-27-16)18(26)22-19-21-15(11-28-19)13-4-2-8-20-10-13/h2-12H,1H3,(H,21,22,26). The van der Waals surface area contributed by atoms with Crippen molar-refractivity contribution in [3.63, 3.8) is 0 Å². The van der Waals surface area contributed by atoms with Gasteiger partial charge in [0.1, 0.15) is 11.7 Å². The van der Waals surface area contributed by atoms with E-state index in [1.165, 1.54) is 23.7 Å². The van der Waals surface area contributed by atoms with Crippen LogP contribution in [0.25, 0.3) is 22.7 Å². The molecule has 0 bridgehead atoms. The average molecular weight is 393 g/mol. The molecule has 0 aliphatic rings. The summed E-state index contributed by atoms with van der Waals surface area (Å²) < 4.78 is 6.43. The third-order valence-corrected chi connectivity index (χ3v) is 4.79. The summed E-state index contributed by atoms with van der Waals surface area (Å²) in [5, 5.41) is 9.26. The average Bonchev–Trinajstić information content (AvgIpc) is 3.41. The summed E-state index contributed by atoms with van der Waals surface area (Å²) in [4.78, 5) is 33.3. The molecule has 1 N–H and O–H groups in total. The molecular weight excluding hydrogens is 378 g/mol. The minimum atomic E-state index is -0.826. The highest BCUT2D eigenvalue weighted by atomic mass is 32.1. The lowest BCUT2D eigenvalue weighted by Gasteiger charge is -2.13. The summed E-state index contributed by atoms with van der Waals surface area (Å²) in [6.45, 7) is 1.60. The third-order valence-electron chi connectivity index (χ3n) is 4.04. The van der Waals surface area contributed by atoms with Crippen molar-refractivity contribution in [1.82, 2.24) is 19.7 Å². The number of anilines is 1. The fourth-order valence-corrected chi connectivity index (χ4v) is 3.28. The van der Waals surface area contributed by atoms with E-state index < -0.39 is 11.9 Å². The Kier molecular flexibility index (Phi) is 4.81. The first-order valence-corrected chi connectivity index (χ1v) is 9.30. The van der Waals surface area contributed by atoms with Gasteiger partial charge in [0.25, 0.3) is 11.5 Å². The van der Waals surface area contributed by atoms with Gasteiger partial charge in [0.05, 0.1) is 12.0 Å². The number of nitrogens with one attached hydrogen (secondary N) is 1. The van der Waals surface area contributed by atoms with Crippen LogP contribution >= 0.6 is 11.3 Å². The third kappa shape index (κ3) is 3.60. The number of thiazole rings is 1. The molecule has 4 heterocycles. The Morgan fingerprint density at radius 3 is 2.86 bits per heavy atom. The second-order valence-electron chi connectivity index (χ2n) is 5.92. The van der Waals surface area contributed by atoms with E-state index in [1.807, 2.05) is 17.5 Å². The van der Waals surface area contributed by atoms with Gasteiger partial charge < -0.3 is 9.73 Å². The van der Waals surface area contributed by atoms with Gasteiger partial charge in [-0.05, 0) is 37.3 Å². The van der Waals surface area contributed by atoms with Gasteiger partial charge in [0, 0.05) is 29.4 Å². The first kappa shape index (κ1) is 17.8. The molecule has 1 unspecified atom stereocenters. The fraction of sp³-hybridized carbons (Fsp3) is 0.105. The van der Waals surface area contributed by atoms with Gasteiger partial charge in [-0.15, -0.1) is 11.3 Å². The van der Waals surface area contributed by atoms with Crippen molar-refractivity contribution in [1.29, 1.82) is 0 Å². The van der Waals surface area contributed by atoms with Crippen molar-refractivity contribution in [3.05, 3.63) is 70.8 Å². The van der Waals surface area contributed by atoms with Gasteiger partial charge in [0.15, 0.2) is 10.9 Å². The topological polar surface area (TPSA) is 103 Å². The zero-order chi connectivity index (χ0) is 19.5. The lowest BCUT2D eigenvalue weighted by molar-refractivity contribution is -0.119. The Balaban J connectivity index is 1.54. The number of amides is 1. The highest BCUT2D eigenvalue weighted by Gasteiger charge is 2.20. The summed E-state index contributed by atoms with van der Waals surface area (Å²) in [5.74, 6) is 0.126. The number of rotatable bonds is 5. The van der Waals surface area contributed by atoms with Crippen LogP contribution in [-0.4, -0.2) is 25.7 Å². The molecule has 0 aliphatic carbocycles. The molecule has 9 heteroatoms. The van der Waals surface area contributed by atoms with E-state index in [0.29, 0.717) is 16.6 Å². The molecule has 0 spiro atoms. The van der Waals surface area contributed by atoms with E-state index >= 15 is 0 Å². The van der Waals surface area contributed by atoms with Crippen molar-refractivity contribution in [2.45, 2.75) is 13.0 Å². The van der Waals surface area contributed by atoms with Crippen LogP contribution in [-0.2, 0) is 4.79 Å². The molecule has 0 aromatic carbocycles. The van der Waals surface area contributed by atoms with Crippen LogP contribution < -0.4 is 10.9 Å². The van der Waals surface area contributed by atoms with Crippen LogP contribution in [0.4, 0.5) is 5.13 Å². The molecule has 1 amide bonds. The minimum absolute atomic E-state index is 0.381. The fourth-order valence-electron chi connectivity index (χ4n) is 2.56. The number of carbonyl (C=O) groups is 1. The van der Waals surface area contributed by atoms with Crippen molar-refractivity contribution in [3.8, 4) is 22.7 Å². The van der Waals surface area contributed by atoms with Crippen LogP contribution in [0, 0.1) is 0 Å². The minimum Gasteiger partial charge on any atom is -0.463 e. The molecule has 0 aliphatic heterocycles. The summed E-state index contributed by atoms with van der Waals surface area (Å²) in [6, 6.07) is 9.26. The van der Waals surface area contributed by atoms with Crippen LogP contribution in [0.5, 0.6) is 0 Å². The monoisotopic (exact) mass is 393 g/mol. The zero-order valence-corrected chi connectivity index (χ0v) is 15.6. The second kappa shape index (κ2) is 7.57. The number of aromatic nitrogens is 4. The summed E-state index contributed by atoms with van der Waals surface area (Å²) >= 11 is 1.30. The van der Waals surface area contributed by atoms with E-state index in [1.54, 1.807) is 37.5 Å². The first-order chi connectivity index (χ1) is 13.6. The molecule has 0 saturated carbocycles. The van der Waals surface area contributed by atoms with Gasteiger partial charge >= 0.3 is 0 Å². The van der Waals surface area contributed by atoms with Crippen LogP contribution in [0.3, 0.4) is 0 Å². The molecule has 0 fully saturated rings. The highest BCUT2D eigenvalue weighted by Crippen LogP contribution is 2.24. The number of hydrogen-bond acceptors (Lipinski definition) is 7. The second-order valence-corrected chi connectivity index (χ2v) is 6.78. The lowest BCUT2D eigenvalue weighted by atomic mass is 10.2. The van der Waals surface area contributed by atoms with Gasteiger partial charge in [0.2, 0.25) is 0 Å². The number of nitrogens with zero attached hydrogens (tertiary/aromatic N) is 4. The Hall–Kier alpha value is -3.59. The normalized spacial score (nSPS) is 11.9. The van der Waals surface area contributed by atoms with Crippen LogP contribution in [0.15, 0.2) is 69.6 Å². The van der Waals surface area contributed by atoms with E-state index in [9.17, 15) is 9.59 Å². The highest BCUT2D eigenvalue weighted by molar-refractivity contribution is 7.14. The number of hydrogen-bond donors (Lipinski definition) is 1. The summed E-state index contributed by atoms with van der Waals surface area (Å²) in [6.07, 6.45) is 4.90. The van der Waals surface area contributed by atoms with E-state index in [4.69, 9.17) is 4.42 Å². The van der Waals surface area contributed by atoms with E-state index in [0.717, 1.165) is 15.9 Å². The number of pyridine rings is 1. The maximum atomic E-state index is 12.6. The quantitative estimate of drug-likeness (QED) is 0.558. The molecular formula is C19H15N5O3S. The van der Waals surface area contributed by atoms with Crippen LogP contribution in [0.1, 0.15) is 13.0 Å². The van der Waals surface area contributed by atoms with E-state index in [-0.39, 0.29) is 5.56 Å². The van der Waals surface area contributed by atoms with Crippen LogP contribution in [0.2, 0.25) is 0 Å². The molecule has 4 aromatic heterocycles.